The van der Waals surface area contributed by atoms with E-state index in [0.29, 0.717) is 17.1 Å². The van der Waals surface area contributed by atoms with Crippen LogP contribution in [0.1, 0.15) is 31.2 Å². The summed E-state index contributed by atoms with van der Waals surface area (Å²) in [7, 11) is 1.56. The van der Waals surface area contributed by atoms with E-state index >= 15 is 0 Å². The molecule has 1 spiro atoms. The van der Waals surface area contributed by atoms with Crippen LogP contribution in [0.25, 0.3) is 0 Å². The fourth-order valence-electron chi connectivity index (χ4n) is 4.01. The van der Waals surface area contributed by atoms with Gasteiger partial charge in [-0.3, -0.25) is 4.79 Å². The van der Waals surface area contributed by atoms with E-state index in [-0.39, 0.29) is 17.4 Å². The van der Waals surface area contributed by atoms with Crippen LogP contribution in [0.5, 0.6) is 5.75 Å². The van der Waals surface area contributed by atoms with Gasteiger partial charge in [0.1, 0.15) is 5.75 Å². The Hall–Kier alpha value is -3.02. The molecular formula is C20H21N3O3. The predicted molar refractivity (Wildman–Crippen MR) is 101 cm³/mol. The molecule has 2 aromatic carbocycles. The van der Waals surface area contributed by atoms with E-state index in [1.54, 1.807) is 19.2 Å². The molecule has 6 heteroatoms. The van der Waals surface area contributed by atoms with Gasteiger partial charge in [0.25, 0.3) is 0 Å². The van der Waals surface area contributed by atoms with Gasteiger partial charge < -0.3 is 20.7 Å². The van der Waals surface area contributed by atoms with Crippen molar-refractivity contribution in [3.05, 3.63) is 48.0 Å². The highest BCUT2D eigenvalue weighted by molar-refractivity contribution is 6.08. The van der Waals surface area contributed by atoms with Crippen molar-refractivity contribution in [2.24, 2.45) is 0 Å². The molecule has 3 N–H and O–H groups in total. The van der Waals surface area contributed by atoms with Crippen molar-refractivity contribution in [1.82, 2.24) is 0 Å². The number of fused-ring (bicyclic) bond motifs is 2. The lowest BCUT2D eigenvalue weighted by Gasteiger charge is -2.20. The lowest BCUT2D eigenvalue weighted by molar-refractivity contribution is -0.120. The zero-order valence-corrected chi connectivity index (χ0v) is 14.6. The Balaban J connectivity index is 1.51. The van der Waals surface area contributed by atoms with Gasteiger partial charge in [-0.1, -0.05) is 31.0 Å². The van der Waals surface area contributed by atoms with Gasteiger partial charge in [-0.25, -0.2) is 4.79 Å². The summed E-state index contributed by atoms with van der Waals surface area (Å²) in [5, 5.41) is 8.56. The minimum Gasteiger partial charge on any atom is -0.495 e. The van der Waals surface area contributed by atoms with E-state index in [4.69, 9.17) is 4.74 Å². The van der Waals surface area contributed by atoms with Gasteiger partial charge >= 0.3 is 6.03 Å². The Bertz CT molecular complexity index is 872. The number of rotatable bonds is 3. The van der Waals surface area contributed by atoms with Crippen molar-refractivity contribution < 1.29 is 14.3 Å². The maximum absolute atomic E-state index is 12.5. The number of ether oxygens (including phenoxy) is 1. The van der Waals surface area contributed by atoms with Crippen LogP contribution in [0.4, 0.5) is 21.9 Å². The van der Waals surface area contributed by atoms with Crippen molar-refractivity contribution in [1.29, 1.82) is 0 Å². The monoisotopic (exact) mass is 351 g/mol. The number of methoxy groups -OCH3 is 1. The number of anilines is 3. The molecule has 0 bridgehead atoms. The molecule has 2 aliphatic rings. The van der Waals surface area contributed by atoms with Crippen LogP contribution < -0.4 is 20.7 Å². The second-order valence-electron chi connectivity index (χ2n) is 6.78. The average molecular weight is 351 g/mol. The number of hydrogen-bond donors (Lipinski definition) is 3. The van der Waals surface area contributed by atoms with Crippen molar-refractivity contribution in [2.45, 2.75) is 31.1 Å². The van der Waals surface area contributed by atoms with Crippen molar-refractivity contribution in [3.63, 3.8) is 0 Å². The number of nitrogens with one attached hydrogen (secondary N) is 3. The van der Waals surface area contributed by atoms with Gasteiger partial charge in [0, 0.05) is 11.4 Å². The molecule has 0 aromatic heterocycles. The highest BCUT2D eigenvalue weighted by atomic mass is 16.5. The molecule has 4 rings (SSSR count). The number of para-hydroxylation sites is 2. The third kappa shape index (κ3) is 2.67. The molecule has 134 valence electrons. The standard InChI is InChI=1S/C20H21N3O3/c1-26-17-7-3-2-6-15(17)23-19(25)21-13-8-9-14-16(12-13)22-18(24)20(14)10-4-5-11-20/h2-3,6-9,12H,4-5,10-11H2,1H3,(H,22,24)(H2,21,23,25). The molecule has 1 fully saturated rings. The van der Waals surface area contributed by atoms with Crippen LogP contribution in [-0.2, 0) is 10.2 Å². The van der Waals surface area contributed by atoms with Gasteiger partial charge in [0.05, 0.1) is 18.2 Å². The summed E-state index contributed by atoms with van der Waals surface area (Å²) in [4.78, 5) is 24.8. The average Bonchev–Trinajstić information content (AvgIpc) is 3.22. The van der Waals surface area contributed by atoms with E-state index in [2.05, 4.69) is 16.0 Å². The van der Waals surface area contributed by atoms with E-state index in [1.807, 2.05) is 30.3 Å². The Morgan fingerprint density at radius 3 is 2.65 bits per heavy atom. The molecule has 0 saturated heterocycles. The Morgan fingerprint density at radius 2 is 1.88 bits per heavy atom. The summed E-state index contributed by atoms with van der Waals surface area (Å²) >= 11 is 0. The van der Waals surface area contributed by atoms with E-state index < -0.39 is 0 Å². The molecule has 6 nitrogen and oxygen atoms in total. The first-order valence-corrected chi connectivity index (χ1v) is 8.79. The molecule has 1 aliphatic carbocycles. The van der Waals surface area contributed by atoms with Crippen molar-refractivity contribution in [3.8, 4) is 5.75 Å². The molecular weight excluding hydrogens is 330 g/mol. The first kappa shape index (κ1) is 16.4. The lowest BCUT2D eigenvalue weighted by Crippen LogP contribution is -2.30. The molecule has 0 radical (unpaired) electrons. The van der Waals surface area contributed by atoms with Gasteiger partial charge in [-0.15, -0.1) is 0 Å². The van der Waals surface area contributed by atoms with Gasteiger partial charge in [0.15, 0.2) is 0 Å². The van der Waals surface area contributed by atoms with E-state index in [1.165, 1.54) is 0 Å². The number of urea groups is 1. The van der Waals surface area contributed by atoms with E-state index in [0.717, 1.165) is 36.9 Å². The minimum atomic E-state index is -0.368. The number of amides is 3. The predicted octanol–water partition coefficient (Wildman–Crippen LogP) is 4.10. The highest BCUT2D eigenvalue weighted by Crippen LogP contribution is 2.49. The smallest absolute Gasteiger partial charge is 0.323 e. The zero-order valence-electron chi connectivity index (χ0n) is 14.6. The van der Waals surface area contributed by atoms with Gasteiger partial charge in [-0.05, 0) is 42.7 Å². The molecule has 1 heterocycles. The van der Waals surface area contributed by atoms with Crippen LogP contribution in [0.2, 0.25) is 0 Å². The maximum atomic E-state index is 12.5. The summed E-state index contributed by atoms with van der Waals surface area (Å²) in [5.74, 6) is 0.674. The summed E-state index contributed by atoms with van der Waals surface area (Å²) in [6.45, 7) is 0. The Labute approximate surface area is 151 Å². The summed E-state index contributed by atoms with van der Waals surface area (Å²) < 4.78 is 5.23. The summed E-state index contributed by atoms with van der Waals surface area (Å²) in [5.41, 5.74) is 2.70. The fourth-order valence-corrected chi connectivity index (χ4v) is 4.01. The second kappa shape index (κ2) is 6.37. The number of carbonyl (C=O) groups excluding carboxylic acids is 2. The SMILES string of the molecule is COc1ccccc1NC(=O)Nc1ccc2c(c1)NC(=O)C21CCCC1. The maximum Gasteiger partial charge on any atom is 0.323 e. The molecule has 1 aliphatic heterocycles. The van der Waals surface area contributed by atoms with Crippen LogP contribution in [-0.4, -0.2) is 19.0 Å². The number of carbonyl (C=O) groups is 2. The second-order valence-corrected chi connectivity index (χ2v) is 6.78. The van der Waals surface area contributed by atoms with Gasteiger partial charge in [0.2, 0.25) is 5.91 Å². The molecule has 2 aromatic rings. The first-order valence-electron chi connectivity index (χ1n) is 8.79. The third-order valence-corrected chi connectivity index (χ3v) is 5.29. The van der Waals surface area contributed by atoms with E-state index in [9.17, 15) is 9.59 Å². The number of benzene rings is 2. The normalized spacial score (nSPS) is 16.9. The zero-order chi connectivity index (χ0) is 18.1. The molecule has 1 saturated carbocycles. The Morgan fingerprint density at radius 1 is 1.12 bits per heavy atom. The molecule has 0 unspecified atom stereocenters. The summed E-state index contributed by atoms with van der Waals surface area (Å²) in [6.07, 6.45) is 3.95. The number of hydrogen-bond acceptors (Lipinski definition) is 3. The first-order chi connectivity index (χ1) is 12.6. The van der Waals surface area contributed by atoms with Crippen molar-refractivity contribution >= 4 is 29.0 Å². The molecule has 3 amide bonds. The third-order valence-electron chi connectivity index (χ3n) is 5.29. The van der Waals surface area contributed by atoms with Crippen molar-refractivity contribution in [2.75, 3.05) is 23.1 Å². The highest BCUT2D eigenvalue weighted by Gasteiger charge is 2.48. The van der Waals surface area contributed by atoms with Crippen LogP contribution in [0.3, 0.4) is 0 Å². The van der Waals surface area contributed by atoms with Crippen LogP contribution >= 0.6 is 0 Å². The molecule has 0 atom stereocenters. The molecule has 26 heavy (non-hydrogen) atoms. The quantitative estimate of drug-likeness (QED) is 0.779. The topological polar surface area (TPSA) is 79.5 Å². The largest absolute Gasteiger partial charge is 0.495 e. The minimum absolute atomic E-state index is 0.0839. The lowest BCUT2D eigenvalue weighted by atomic mass is 9.80. The summed E-state index contributed by atoms with van der Waals surface area (Å²) in [6, 6.07) is 12.5. The van der Waals surface area contributed by atoms with Crippen LogP contribution in [0.15, 0.2) is 42.5 Å². The Kier molecular flexibility index (Phi) is 4.03. The van der Waals surface area contributed by atoms with Crippen LogP contribution in [0, 0.1) is 0 Å². The fraction of sp³-hybridized carbons (Fsp3) is 0.300. The van der Waals surface area contributed by atoms with Gasteiger partial charge in [-0.2, -0.15) is 0 Å².